The highest BCUT2D eigenvalue weighted by Crippen LogP contribution is 2.39. The maximum absolute atomic E-state index is 5.63. The third-order valence-corrected chi connectivity index (χ3v) is 2.79. The zero-order valence-electron chi connectivity index (χ0n) is 7.49. The van der Waals surface area contributed by atoms with Crippen molar-refractivity contribution in [1.29, 1.82) is 0 Å². The molecule has 70 valence electrons. The van der Waals surface area contributed by atoms with Gasteiger partial charge in [-0.05, 0) is 25.8 Å². The van der Waals surface area contributed by atoms with E-state index in [0.717, 1.165) is 31.3 Å². The van der Waals surface area contributed by atoms with Crippen molar-refractivity contribution < 1.29 is 4.42 Å². The Balaban J connectivity index is 1.79. The summed E-state index contributed by atoms with van der Waals surface area (Å²) in [5, 5.41) is 11.5. The van der Waals surface area contributed by atoms with Gasteiger partial charge in [0.2, 0.25) is 11.8 Å². The Bertz CT molecular complexity index is 300. The molecule has 1 aliphatic carbocycles. The number of hydrogen-bond acceptors (Lipinski definition) is 4. The minimum atomic E-state index is 0.458. The summed E-state index contributed by atoms with van der Waals surface area (Å²) in [6.45, 7) is 2.07. The van der Waals surface area contributed by atoms with Gasteiger partial charge in [-0.2, -0.15) is 0 Å². The van der Waals surface area contributed by atoms with Gasteiger partial charge in [-0.3, -0.25) is 0 Å². The predicted octanol–water partition coefficient (Wildman–Crippen LogP) is 1.02. The van der Waals surface area contributed by atoms with Crippen molar-refractivity contribution in [3.63, 3.8) is 0 Å². The van der Waals surface area contributed by atoms with Gasteiger partial charge in [-0.15, -0.1) is 10.2 Å². The molecule has 2 aliphatic rings. The van der Waals surface area contributed by atoms with Crippen LogP contribution in [-0.2, 0) is 0 Å². The minimum Gasteiger partial charge on any atom is -0.425 e. The van der Waals surface area contributed by atoms with Gasteiger partial charge < -0.3 is 9.73 Å². The number of aromatic nitrogens is 2. The van der Waals surface area contributed by atoms with Gasteiger partial charge in [0.05, 0.1) is 5.92 Å². The van der Waals surface area contributed by atoms with Crippen molar-refractivity contribution in [1.82, 2.24) is 15.5 Å². The normalized spacial score (nSPS) is 28.2. The number of rotatable bonds is 2. The van der Waals surface area contributed by atoms with E-state index in [2.05, 4.69) is 15.5 Å². The van der Waals surface area contributed by atoms with Crippen LogP contribution in [0.2, 0.25) is 0 Å². The Hall–Kier alpha value is -0.900. The molecule has 0 aromatic carbocycles. The van der Waals surface area contributed by atoms with Gasteiger partial charge in [0.25, 0.3) is 0 Å². The van der Waals surface area contributed by atoms with Crippen LogP contribution in [0.5, 0.6) is 0 Å². The molecule has 2 fully saturated rings. The van der Waals surface area contributed by atoms with Crippen molar-refractivity contribution in [3.05, 3.63) is 11.8 Å². The molecule has 1 aliphatic heterocycles. The van der Waals surface area contributed by atoms with E-state index in [4.69, 9.17) is 4.42 Å². The standard InChI is InChI=1S/C9H13N3O/c1-2-6(1)8-11-12-9(13-8)7-3-4-10-5-7/h6-7,10H,1-5H2/t7-/m0/s1. The van der Waals surface area contributed by atoms with Crippen LogP contribution in [0.15, 0.2) is 4.42 Å². The predicted molar refractivity (Wildman–Crippen MR) is 46.5 cm³/mol. The molecule has 0 amide bonds. The molecular weight excluding hydrogens is 166 g/mol. The molecule has 2 heterocycles. The molecule has 0 bridgehead atoms. The molecule has 3 rings (SSSR count). The lowest BCUT2D eigenvalue weighted by molar-refractivity contribution is 0.424. The Morgan fingerprint density at radius 2 is 1.85 bits per heavy atom. The van der Waals surface area contributed by atoms with Crippen molar-refractivity contribution >= 4 is 0 Å². The van der Waals surface area contributed by atoms with E-state index in [1.54, 1.807) is 0 Å². The van der Waals surface area contributed by atoms with Crippen molar-refractivity contribution in [2.24, 2.45) is 0 Å². The smallest absolute Gasteiger partial charge is 0.220 e. The average Bonchev–Trinajstić information content (AvgIpc) is 2.72. The van der Waals surface area contributed by atoms with Gasteiger partial charge in [0.1, 0.15) is 0 Å². The van der Waals surface area contributed by atoms with Crippen molar-refractivity contribution in [3.8, 4) is 0 Å². The summed E-state index contributed by atoms with van der Waals surface area (Å²) in [7, 11) is 0. The second kappa shape index (κ2) is 2.80. The van der Waals surface area contributed by atoms with E-state index in [-0.39, 0.29) is 0 Å². The zero-order valence-corrected chi connectivity index (χ0v) is 7.49. The molecule has 0 unspecified atom stereocenters. The summed E-state index contributed by atoms with van der Waals surface area (Å²) in [6.07, 6.45) is 3.58. The third-order valence-electron chi connectivity index (χ3n) is 2.79. The number of hydrogen-bond donors (Lipinski definition) is 1. The number of nitrogens with one attached hydrogen (secondary N) is 1. The van der Waals surface area contributed by atoms with Gasteiger partial charge in [0, 0.05) is 12.5 Å². The quantitative estimate of drug-likeness (QED) is 0.736. The van der Waals surface area contributed by atoms with Crippen LogP contribution in [0.3, 0.4) is 0 Å². The first-order valence-corrected chi connectivity index (χ1v) is 4.97. The first kappa shape index (κ1) is 7.50. The first-order valence-electron chi connectivity index (χ1n) is 4.97. The zero-order chi connectivity index (χ0) is 8.67. The Kier molecular flexibility index (Phi) is 1.62. The maximum Gasteiger partial charge on any atom is 0.220 e. The molecular formula is C9H13N3O. The lowest BCUT2D eigenvalue weighted by Gasteiger charge is -1.99. The molecule has 13 heavy (non-hydrogen) atoms. The summed E-state index contributed by atoms with van der Waals surface area (Å²) in [5.41, 5.74) is 0. The summed E-state index contributed by atoms with van der Waals surface area (Å²) < 4.78 is 5.63. The molecule has 1 atom stereocenters. The molecule has 1 N–H and O–H groups in total. The average molecular weight is 179 g/mol. The molecule has 1 aromatic rings. The Labute approximate surface area is 76.7 Å². The maximum atomic E-state index is 5.63. The van der Waals surface area contributed by atoms with Gasteiger partial charge >= 0.3 is 0 Å². The summed E-state index contributed by atoms with van der Waals surface area (Å²) in [5.74, 6) is 2.74. The number of nitrogens with zero attached hydrogens (tertiary/aromatic N) is 2. The van der Waals surface area contributed by atoms with E-state index >= 15 is 0 Å². The lowest BCUT2D eigenvalue weighted by Crippen LogP contribution is -2.08. The fourth-order valence-electron chi connectivity index (χ4n) is 1.77. The highest BCUT2D eigenvalue weighted by atomic mass is 16.4. The molecule has 4 heteroatoms. The van der Waals surface area contributed by atoms with E-state index in [9.17, 15) is 0 Å². The van der Waals surface area contributed by atoms with Crippen LogP contribution >= 0.6 is 0 Å². The fourth-order valence-corrected chi connectivity index (χ4v) is 1.77. The molecule has 0 spiro atoms. The molecule has 4 nitrogen and oxygen atoms in total. The Morgan fingerprint density at radius 3 is 2.46 bits per heavy atom. The Morgan fingerprint density at radius 1 is 1.08 bits per heavy atom. The van der Waals surface area contributed by atoms with Crippen LogP contribution in [0, 0.1) is 0 Å². The van der Waals surface area contributed by atoms with E-state index in [1.807, 2.05) is 0 Å². The topological polar surface area (TPSA) is 51.0 Å². The minimum absolute atomic E-state index is 0.458. The largest absolute Gasteiger partial charge is 0.425 e. The highest BCUT2D eigenvalue weighted by molar-refractivity contribution is 5.03. The van der Waals surface area contributed by atoms with E-state index < -0.39 is 0 Å². The van der Waals surface area contributed by atoms with Crippen LogP contribution in [0.1, 0.15) is 42.9 Å². The fraction of sp³-hybridized carbons (Fsp3) is 0.778. The molecule has 1 saturated carbocycles. The van der Waals surface area contributed by atoms with Gasteiger partial charge in [-0.25, -0.2) is 0 Å². The van der Waals surface area contributed by atoms with Crippen LogP contribution in [0.4, 0.5) is 0 Å². The van der Waals surface area contributed by atoms with E-state index in [0.29, 0.717) is 11.8 Å². The van der Waals surface area contributed by atoms with E-state index in [1.165, 1.54) is 12.8 Å². The van der Waals surface area contributed by atoms with Crippen molar-refractivity contribution in [2.75, 3.05) is 13.1 Å². The van der Waals surface area contributed by atoms with Crippen LogP contribution < -0.4 is 5.32 Å². The van der Waals surface area contributed by atoms with Crippen LogP contribution in [0.25, 0.3) is 0 Å². The second-order valence-corrected chi connectivity index (χ2v) is 3.94. The second-order valence-electron chi connectivity index (χ2n) is 3.94. The molecule has 1 aromatic heterocycles. The lowest BCUT2D eigenvalue weighted by atomic mass is 10.1. The van der Waals surface area contributed by atoms with Crippen molar-refractivity contribution in [2.45, 2.75) is 31.1 Å². The summed E-state index contributed by atoms with van der Waals surface area (Å²) >= 11 is 0. The van der Waals surface area contributed by atoms with Gasteiger partial charge in [-0.1, -0.05) is 0 Å². The summed E-state index contributed by atoms with van der Waals surface area (Å²) in [6, 6.07) is 0. The van der Waals surface area contributed by atoms with Crippen LogP contribution in [-0.4, -0.2) is 23.3 Å². The molecule has 1 saturated heterocycles. The summed E-state index contributed by atoms with van der Waals surface area (Å²) in [4.78, 5) is 0. The first-order chi connectivity index (χ1) is 6.43. The third kappa shape index (κ3) is 1.35. The van der Waals surface area contributed by atoms with Gasteiger partial charge in [0.15, 0.2) is 0 Å². The highest BCUT2D eigenvalue weighted by Gasteiger charge is 2.31. The monoisotopic (exact) mass is 179 g/mol. The SMILES string of the molecule is C1C[C@H](c2nnc(C3CC3)o2)CN1. The molecule has 0 radical (unpaired) electrons.